The van der Waals surface area contributed by atoms with Crippen LogP contribution in [0.25, 0.3) is 0 Å². The Kier molecular flexibility index (Phi) is 8.05. The highest BCUT2D eigenvalue weighted by molar-refractivity contribution is 6.42. The molecule has 0 unspecified atom stereocenters. The van der Waals surface area contributed by atoms with E-state index in [9.17, 15) is 9.90 Å². The second-order valence-corrected chi connectivity index (χ2v) is 8.09. The fraction of sp³-hybridized carbons (Fsp3) is 0.632. The summed E-state index contributed by atoms with van der Waals surface area (Å²) in [7, 11) is 1.87. The third kappa shape index (κ3) is 5.05. The zero-order chi connectivity index (χ0) is 18.0. The Morgan fingerprint density at radius 2 is 1.92 bits per heavy atom. The number of nitrogens with zero attached hydrogens (tertiary/aromatic N) is 2. The maximum atomic E-state index is 12.8. The van der Waals surface area contributed by atoms with Crippen molar-refractivity contribution in [2.45, 2.75) is 56.7 Å². The van der Waals surface area contributed by atoms with Gasteiger partial charge in [0.1, 0.15) is 0 Å². The fourth-order valence-electron chi connectivity index (χ4n) is 4.16. The molecule has 1 aliphatic carbocycles. The Bertz CT molecular complexity index is 623. The smallest absolute Gasteiger partial charge is 0.227 e. The van der Waals surface area contributed by atoms with E-state index in [1.165, 1.54) is 12.8 Å². The van der Waals surface area contributed by atoms with Crippen LogP contribution >= 0.6 is 35.6 Å². The number of amides is 1. The molecule has 1 amide bonds. The van der Waals surface area contributed by atoms with Crippen molar-refractivity contribution < 1.29 is 9.90 Å². The van der Waals surface area contributed by atoms with Crippen LogP contribution in [0.5, 0.6) is 0 Å². The van der Waals surface area contributed by atoms with Gasteiger partial charge in [0, 0.05) is 19.1 Å². The number of likely N-dealkylation sites (N-methyl/N-ethyl adjacent to an activating group) is 1. The minimum atomic E-state index is -0.316. The van der Waals surface area contributed by atoms with Crippen molar-refractivity contribution in [1.29, 1.82) is 0 Å². The molecule has 0 aromatic heterocycles. The third-order valence-electron chi connectivity index (χ3n) is 5.59. The Morgan fingerprint density at radius 1 is 1.23 bits per heavy atom. The second kappa shape index (κ2) is 9.61. The third-order valence-corrected chi connectivity index (χ3v) is 6.33. The average molecular weight is 422 g/mol. The van der Waals surface area contributed by atoms with Crippen LogP contribution in [0, 0.1) is 0 Å². The molecule has 0 radical (unpaired) electrons. The number of aliphatic hydroxyl groups is 1. The molecule has 1 saturated carbocycles. The van der Waals surface area contributed by atoms with E-state index < -0.39 is 0 Å². The lowest BCUT2D eigenvalue weighted by atomic mass is 9.86. The highest BCUT2D eigenvalue weighted by Crippen LogP contribution is 2.30. The Morgan fingerprint density at radius 3 is 2.58 bits per heavy atom. The number of hydrogen-bond acceptors (Lipinski definition) is 3. The molecule has 3 atom stereocenters. The molecule has 1 aromatic carbocycles. The van der Waals surface area contributed by atoms with Gasteiger partial charge in [-0.15, -0.1) is 12.4 Å². The molecule has 3 rings (SSSR count). The zero-order valence-corrected chi connectivity index (χ0v) is 17.4. The lowest BCUT2D eigenvalue weighted by Gasteiger charge is -2.44. The van der Waals surface area contributed by atoms with Gasteiger partial charge in [0.15, 0.2) is 0 Å². The van der Waals surface area contributed by atoms with Gasteiger partial charge in [-0.05, 0) is 62.9 Å². The van der Waals surface area contributed by atoms with E-state index in [0.29, 0.717) is 28.9 Å². The van der Waals surface area contributed by atoms with Gasteiger partial charge in [0.05, 0.1) is 22.6 Å². The molecule has 1 aromatic rings. The zero-order valence-electron chi connectivity index (χ0n) is 15.0. The number of hydrogen-bond donors (Lipinski definition) is 1. The number of aliphatic hydroxyl groups excluding tert-OH is 1. The summed E-state index contributed by atoms with van der Waals surface area (Å²) < 4.78 is 0. The van der Waals surface area contributed by atoms with E-state index in [2.05, 4.69) is 4.90 Å². The lowest BCUT2D eigenvalue weighted by molar-refractivity contribution is -0.134. The summed E-state index contributed by atoms with van der Waals surface area (Å²) >= 11 is 12.0. The Balaban J connectivity index is 0.00000243. The normalized spacial score (nSPS) is 26.4. The predicted molar refractivity (Wildman–Crippen MR) is 108 cm³/mol. The summed E-state index contributed by atoms with van der Waals surface area (Å²) in [6.45, 7) is 2.21. The largest absolute Gasteiger partial charge is 0.393 e. The van der Waals surface area contributed by atoms with E-state index in [4.69, 9.17) is 23.2 Å². The SMILES string of the molecule is CN(C(=O)Cc1ccc(Cl)c(Cl)c1)[C@@H]1C[C@@H](O)CC[C@H]1N1CCCC1.Cl. The molecule has 7 heteroatoms. The molecule has 146 valence electrons. The first kappa shape index (κ1) is 21.8. The van der Waals surface area contributed by atoms with Crippen molar-refractivity contribution in [3.63, 3.8) is 0 Å². The number of benzene rings is 1. The molecule has 26 heavy (non-hydrogen) atoms. The van der Waals surface area contributed by atoms with E-state index in [1.807, 2.05) is 18.0 Å². The molecule has 0 bridgehead atoms. The maximum Gasteiger partial charge on any atom is 0.227 e. The van der Waals surface area contributed by atoms with Crippen LogP contribution in [0.3, 0.4) is 0 Å². The Hall–Kier alpha value is -0.520. The minimum absolute atomic E-state index is 0. The molecule has 1 heterocycles. The van der Waals surface area contributed by atoms with Gasteiger partial charge in [0.2, 0.25) is 5.91 Å². The molecule has 2 aliphatic rings. The van der Waals surface area contributed by atoms with Crippen LogP contribution in [-0.2, 0) is 11.2 Å². The predicted octanol–water partition coefficient (Wildman–Crippen LogP) is 3.79. The first-order valence-corrected chi connectivity index (χ1v) is 9.83. The lowest BCUT2D eigenvalue weighted by Crippen LogP contribution is -2.55. The topological polar surface area (TPSA) is 43.8 Å². The van der Waals surface area contributed by atoms with E-state index in [1.54, 1.807) is 12.1 Å². The van der Waals surface area contributed by atoms with Crippen molar-refractivity contribution in [2.24, 2.45) is 0 Å². The number of carbonyl (C=O) groups excluding carboxylic acids is 1. The van der Waals surface area contributed by atoms with Gasteiger partial charge in [-0.25, -0.2) is 0 Å². The molecule has 2 fully saturated rings. The highest BCUT2D eigenvalue weighted by atomic mass is 35.5. The molecular weight excluding hydrogens is 395 g/mol. The number of likely N-dealkylation sites (tertiary alicyclic amines) is 1. The van der Waals surface area contributed by atoms with Crippen molar-refractivity contribution in [3.8, 4) is 0 Å². The summed E-state index contributed by atoms with van der Waals surface area (Å²) in [5.74, 6) is 0.0571. The molecule has 1 N–H and O–H groups in total. The van der Waals surface area contributed by atoms with Gasteiger partial charge in [-0.1, -0.05) is 29.3 Å². The summed E-state index contributed by atoms with van der Waals surface area (Å²) in [6, 6.07) is 5.74. The minimum Gasteiger partial charge on any atom is -0.393 e. The highest BCUT2D eigenvalue weighted by Gasteiger charge is 2.38. The molecule has 1 saturated heterocycles. The van der Waals surface area contributed by atoms with E-state index in [0.717, 1.165) is 31.5 Å². The van der Waals surface area contributed by atoms with Crippen LogP contribution in [0.2, 0.25) is 10.0 Å². The van der Waals surface area contributed by atoms with Crippen molar-refractivity contribution >= 4 is 41.5 Å². The van der Waals surface area contributed by atoms with Gasteiger partial charge in [-0.2, -0.15) is 0 Å². The van der Waals surface area contributed by atoms with Crippen molar-refractivity contribution in [2.75, 3.05) is 20.1 Å². The maximum absolute atomic E-state index is 12.8. The van der Waals surface area contributed by atoms with Crippen molar-refractivity contribution in [1.82, 2.24) is 9.80 Å². The van der Waals surface area contributed by atoms with Gasteiger partial charge in [-0.3, -0.25) is 9.69 Å². The second-order valence-electron chi connectivity index (χ2n) is 7.27. The van der Waals surface area contributed by atoms with Gasteiger partial charge in [0.25, 0.3) is 0 Å². The molecular formula is C19H27Cl3N2O2. The number of halogens is 3. The van der Waals surface area contributed by atoms with Gasteiger partial charge >= 0.3 is 0 Å². The van der Waals surface area contributed by atoms with Crippen LogP contribution in [0.15, 0.2) is 18.2 Å². The standard InChI is InChI=1S/C19H26Cl2N2O2.ClH/c1-22(19(25)11-13-4-6-15(20)16(21)10-13)18-12-14(24)5-7-17(18)23-8-2-3-9-23;/h4,6,10,14,17-18,24H,2-3,5,7-9,11-12H2,1H3;1H/t14-,17+,18+;/m0./s1. The fourth-order valence-corrected chi connectivity index (χ4v) is 4.48. The average Bonchev–Trinajstić information content (AvgIpc) is 3.11. The van der Waals surface area contributed by atoms with Crippen LogP contribution in [-0.4, -0.2) is 59.1 Å². The number of carbonyl (C=O) groups is 1. The van der Waals surface area contributed by atoms with Crippen LogP contribution in [0.4, 0.5) is 0 Å². The summed E-state index contributed by atoms with van der Waals surface area (Å²) in [6.07, 6.45) is 4.88. The van der Waals surface area contributed by atoms with E-state index >= 15 is 0 Å². The summed E-state index contributed by atoms with van der Waals surface area (Å²) in [5, 5.41) is 11.1. The van der Waals surface area contributed by atoms with E-state index in [-0.39, 0.29) is 30.5 Å². The van der Waals surface area contributed by atoms with Gasteiger partial charge < -0.3 is 10.0 Å². The first-order valence-electron chi connectivity index (χ1n) is 9.07. The molecule has 4 nitrogen and oxygen atoms in total. The van der Waals surface area contributed by atoms with Crippen LogP contribution < -0.4 is 0 Å². The first-order chi connectivity index (χ1) is 12.0. The monoisotopic (exact) mass is 420 g/mol. The summed E-state index contributed by atoms with van der Waals surface area (Å²) in [4.78, 5) is 17.2. The molecule has 0 spiro atoms. The number of rotatable bonds is 4. The quantitative estimate of drug-likeness (QED) is 0.804. The Labute approximate surface area is 171 Å². The van der Waals surface area contributed by atoms with Crippen molar-refractivity contribution in [3.05, 3.63) is 33.8 Å². The van der Waals surface area contributed by atoms with Crippen LogP contribution in [0.1, 0.15) is 37.7 Å². The molecule has 1 aliphatic heterocycles. The summed E-state index contributed by atoms with van der Waals surface area (Å²) in [5.41, 5.74) is 0.861.